The Kier molecular flexibility index (Phi) is 5.48. The zero-order valence-electron chi connectivity index (χ0n) is 12.0. The minimum Gasteiger partial charge on any atom is -0.494 e. The lowest BCUT2D eigenvalue weighted by atomic mass is 10.0. The quantitative estimate of drug-likeness (QED) is 0.730. The van der Waals surface area contributed by atoms with Gasteiger partial charge in [0, 0.05) is 17.8 Å². The molecule has 0 aromatic heterocycles. The molecule has 0 spiro atoms. The van der Waals surface area contributed by atoms with Crippen LogP contribution < -0.4 is 15.8 Å². The molecule has 0 aliphatic carbocycles. The molecule has 3 heteroatoms. The van der Waals surface area contributed by atoms with Gasteiger partial charge in [0.05, 0.1) is 6.61 Å². The van der Waals surface area contributed by atoms with Crippen molar-refractivity contribution in [2.45, 2.75) is 46.1 Å². The highest BCUT2D eigenvalue weighted by Gasteiger charge is 2.09. The molecular weight excluding hydrogens is 224 g/mol. The summed E-state index contributed by atoms with van der Waals surface area (Å²) in [4.78, 5) is 0. The molecule has 102 valence electrons. The molecule has 18 heavy (non-hydrogen) atoms. The number of aryl methyl sites for hydroxylation is 1. The van der Waals surface area contributed by atoms with E-state index in [4.69, 9.17) is 10.5 Å². The van der Waals surface area contributed by atoms with Crippen molar-refractivity contribution in [1.82, 2.24) is 0 Å². The van der Waals surface area contributed by atoms with Gasteiger partial charge in [0.25, 0.3) is 0 Å². The van der Waals surface area contributed by atoms with Crippen molar-refractivity contribution in [3.8, 4) is 5.75 Å². The Morgan fingerprint density at radius 1 is 1.33 bits per heavy atom. The van der Waals surface area contributed by atoms with E-state index in [2.05, 4.69) is 38.2 Å². The maximum atomic E-state index is 5.95. The van der Waals surface area contributed by atoms with Gasteiger partial charge in [-0.2, -0.15) is 0 Å². The summed E-state index contributed by atoms with van der Waals surface area (Å²) in [5, 5.41) is 3.42. The fourth-order valence-electron chi connectivity index (χ4n) is 1.85. The van der Waals surface area contributed by atoms with Gasteiger partial charge in [-0.05, 0) is 64.3 Å². The van der Waals surface area contributed by atoms with Gasteiger partial charge < -0.3 is 15.8 Å². The lowest BCUT2D eigenvalue weighted by molar-refractivity contribution is 0.338. The van der Waals surface area contributed by atoms with E-state index in [1.54, 1.807) is 0 Å². The third kappa shape index (κ3) is 5.41. The number of anilines is 1. The molecule has 0 saturated heterocycles. The van der Waals surface area contributed by atoms with Crippen molar-refractivity contribution in [3.63, 3.8) is 0 Å². The Bertz CT molecular complexity index is 369. The number of hydrogen-bond acceptors (Lipinski definition) is 3. The topological polar surface area (TPSA) is 47.3 Å². The molecule has 0 heterocycles. The number of ether oxygens (including phenoxy) is 1. The second kappa shape index (κ2) is 6.64. The second-order valence-corrected chi connectivity index (χ2v) is 5.43. The molecule has 0 aliphatic heterocycles. The monoisotopic (exact) mass is 250 g/mol. The molecule has 0 amide bonds. The molecule has 3 N–H and O–H groups in total. The highest BCUT2D eigenvalue weighted by molar-refractivity contribution is 5.50. The summed E-state index contributed by atoms with van der Waals surface area (Å²) in [5.41, 5.74) is 8.19. The molecule has 0 radical (unpaired) electrons. The van der Waals surface area contributed by atoms with Gasteiger partial charge in [0.1, 0.15) is 5.75 Å². The van der Waals surface area contributed by atoms with Gasteiger partial charge in [-0.25, -0.2) is 0 Å². The minimum atomic E-state index is -0.0730. The molecule has 0 bridgehead atoms. The van der Waals surface area contributed by atoms with Gasteiger partial charge in [0.2, 0.25) is 0 Å². The van der Waals surface area contributed by atoms with Crippen LogP contribution in [0.4, 0.5) is 5.69 Å². The van der Waals surface area contributed by atoms with E-state index in [1.807, 2.05) is 13.0 Å². The first-order valence-electron chi connectivity index (χ1n) is 6.68. The Labute approximate surface area is 111 Å². The van der Waals surface area contributed by atoms with Gasteiger partial charge in [-0.15, -0.1) is 0 Å². The van der Waals surface area contributed by atoms with Crippen LogP contribution >= 0.6 is 0 Å². The number of nitrogens with one attached hydrogen (secondary N) is 1. The predicted octanol–water partition coefficient (Wildman–Crippen LogP) is 3.32. The van der Waals surface area contributed by atoms with Crippen molar-refractivity contribution in [1.29, 1.82) is 0 Å². The van der Waals surface area contributed by atoms with E-state index < -0.39 is 0 Å². The van der Waals surface area contributed by atoms with Crippen LogP contribution in [-0.2, 0) is 0 Å². The van der Waals surface area contributed by atoms with Gasteiger partial charge >= 0.3 is 0 Å². The zero-order valence-corrected chi connectivity index (χ0v) is 12.0. The summed E-state index contributed by atoms with van der Waals surface area (Å²) in [7, 11) is 0. The zero-order chi connectivity index (χ0) is 13.6. The molecular formula is C15H26N2O. The van der Waals surface area contributed by atoms with E-state index in [9.17, 15) is 0 Å². The number of rotatable bonds is 7. The van der Waals surface area contributed by atoms with Crippen LogP contribution in [0.5, 0.6) is 5.75 Å². The van der Waals surface area contributed by atoms with Crippen LogP contribution in [0.2, 0.25) is 0 Å². The second-order valence-electron chi connectivity index (χ2n) is 5.43. The fraction of sp³-hybridized carbons (Fsp3) is 0.600. The van der Waals surface area contributed by atoms with Gasteiger partial charge in [-0.3, -0.25) is 0 Å². The number of nitrogens with two attached hydrogens (primary N) is 1. The standard InChI is InChI=1S/C15H26N2O/c1-5-18-14-8-7-13(11-12(14)2)17-10-6-9-15(3,4)16/h7-8,11,17H,5-6,9-10,16H2,1-4H3. The van der Waals surface area contributed by atoms with Crippen LogP contribution in [0, 0.1) is 6.92 Å². The Balaban J connectivity index is 2.41. The first kappa shape index (κ1) is 14.8. The molecule has 1 aromatic rings. The molecule has 3 nitrogen and oxygen atoms in total. The van der Waals surface area contributed by atoms with Crippen molar-refractivity contribution in [2.75, 3.05) is 18.5 Å². The first-order chi connectivity index (χ1) is 8.42. The van der Waals surface area contributed by atoms with Crippen LogP contribution in [-0.4, -0.2) is 18.7 Å². The Hall–Kier alpha value is -1.22. The molecule has 1 rings (SSSR count). The largest absolute Gasteiger partial charge is 0.494 e. The minimum absolute atomic E-state index is 0.0730. The van der Waals surface area contributed by atoms with E-state index in [0.29, 0.717) is 6.61 Å². The van der Waals surface area contributed by atoms with Crippen molar-refractivity contribution in [3.05, 3.63) is 23.8 Å². The summed E-state index contributed by atoms with van der Waals surface area (Å²) in [6, 6.07) is 6.21. The van der Waals surface area contributed by atoms with E-state index in [-0.39, 0.29) is 5.54 Å². The summed E-state index contributed by atoms with van der Waals surface area (Å²) < 4.78 is 5.52. The highest BCUT2D eigenvalue weighted by Crippen LogP contribution is 2.22. The van der Waals surface area contributed by atoms with Crippen LogP contribution in [0.3, 0.4) is 0 Å². The maximum absolute atomic E-state index is 5.95. The average molecular weight is 250 g/mol. The van der Waals surface area contributed by atoms with Crippen LogP contribution in [0.1, 0.15) is 39.2 Å². The van der Waals surface area contributed by atoms with Crippen LogP contribution in [0.15, 0.2) is 18.2 Å². The summed E-state index contributed by atoms with van der Waals surface area (Å²) in [5.74, 6) is 0.964. The number of benzene rings is 1. The van der Waals surface area contributed by atoms with Crippen molar-refractivity contribution >= 4 is 5.69 Å². The molecule has 1 aromatic carbocycles. The van der Waals surface area contributed by atoms with Crippen LogP contribution in [0.25, 0.3) is 0 Å². The lowest BCUT2D eigenvalue weighted by Gasteiger charge is -2.18. The summed E-state index contributed by atoms with van der Waals surface area (Å²) in [6.07, 6.45) is 2.10. The molecule has 0 atom stereocenters. The number of hydrogen-bond donors (Lipinski definition) is 2. The van der Waals surface area contributed by atoms with E-state index >= 15 is 0 Å². The van der Waals surface area contributed by atoms with E-state index in [1.165, 1.54) is 5.56 Å². The molecule has 0 aliphatic rings. The maximum Gasteiger partial charge on any atom is 0.122 e. The van der Waals surface area contributed by atoms with Crippen molar-refractivity contribution < 1.29 is 4.74 Å². The Morgan fingerprint density at radius 2 is 2.06 bits per heavy atom. The smallest absolute Gasteiger partial charge is 0.122 e. The highest BCUT2D eigenvalue weighted by atomic mass is 16.5. The molecule has 0 saturated carbocycles. The van der Waals surface area contributed by atoms with Crippen molar-refractivity contribution in [2.24, 2.45) is 5.73 Å². The van der Waals surface area contributed by atoms with Gasteiger partial charge in [-0.1, -0.05) is 0 Å². The average Bonchev–Trinajstić information content (AvgIpc) is 2.27. The first-order valence-corrected chi connectivity index (χ1v) is 6.68. The SMILES string of the molecule is CCOc1ccc(NCCCC(C)(C)N)cc1C. The predicted molar refractivity (Wildman–Crippen MR) is 78.3 cm³/mol. The lowest BCUT2D eigenvalue weighted by Crippen LogP contribution is -2.32. The fourth-order valence-corrected chi connectivity index (χ4v) is 1.85. The normalized spacial score (nSPS) is 11.4. The molecule has 0 fully saturated rings. The Morgan fingerprint density at radius 3 is 2.61 bits per heavy atom. The van der Waals surface area contributed by atoms with E-state index in [0.717, 1.165) is 30.8 Å². The third-order valence-corrected chi connectivity index (χ3v) is 2.80. The van der Waals surface area contributed by atoms with Gasteiger partial charge in [0.15, 0.2) is 0 Å². The summed E-state index contributed by atoms with van der Waals surface area (Å²) >= 11 is 0. The summed E-state index contributed by atoms with van der Waals surface area (Å²) in [6.45, 7) is 9.86. The molecule has 0 unspecified atom stereocenters. The third-order valence-electron chi connectivity index (χ3n) is 2.80.